The quantitative estimate of drug-likeness (QED) is 0.781. The van der Waals surface area contributed by atoms with Gasteiger partial charge in [-0.1, -0.05) is 31.2 Å². The number of aromatic nitrogens is 4. The normalized spacial score (nSPS) is 11.5. The molecule has 0 saturated heterocycles. The molecule has 3 aromatic rings. The van der Waals surface area contributed by atoms with Crippen molar-refractivity contribution in [3.05, 3.63) is 57.8 Å². The van der Waals surface area contributed by atoms with Crippen LogP contribution in [0.3, 0.4) is 0 Å². The maximum absolute atomic E-state index is 12.1. The Kier molecular flexibility index (Phi) is 4.25. The minimum atomic E-state index is -0.140. The summed E-state index contributed by atoms with van der Waals surface area (Å²) in [5, 5.41) is 4.60. The second-order valence-corrected chi connectivity index (χ2v) is 5.86. The van der Waals surface area contributed by atoms with Gasteiger partial charge in [0.1, 0.15) is 11.2 Å². The molecule has 0 fully saturated rings. The molecule has 0 spiro atoms. The van der Waals surface area contributed by atoms with Gasteiger partial charge in [-0.25, -0.2) is 4.98 Å². The van der Waals surface area contributed by atoms with E-state index in [1.165, 1.54) is 11.1 Å². The fraction of sp³-hybridized carbons (Fsp3) is 0.353. The first-order chi connectivity index (χ1) is 11.1. The molecule has 1 N–H and O–H groups in total. The van der Waals surface area contributed by atoms with Crippen molar-refractivity contribution in [1.29, 1.82) is 0 Å². The Morgan fingerprint density at radius 2 is 1.87 bits per heavy atom. The van der Waals surface area contributed by atoms with Gasteiger partial charge in [0.2, 0.25) is 0 Å². The number of fused-ring (bicyclic) bond motifs is 1. The van der Waals surface area contributed by atoms with Gasteiger partial charge in [0.25, 0.3) is 5.56 Å². The van der Waals surface area contributed by atoms with E-state index in [4.69, 9.17) is 0 Å². The Balaban J connectivity index is 1.75. The standard InChI is InChI=1S/C17H21N5O/c1-4-12-5-7-13(8-6-12)10-21(2)11-15-19-16-14(17(23)20-15)9-18-22(16)3/h5-9H,4,10-11H2,1-3H3,(H,19,20,23). The Labute approximate surface area is 134 Å². The lowest BCUT2D eigenvalue weighted by molar-refractivity contribution is 0.310. The summed E-state index contributed by atoms with van der Waals surface area (Å²) in [7, 11) is 3.80. The van der Waals surface area contributed by atoms with Crippen LogP contribution in [0.15, 0.2) is 35.3 Å². The summed E-state index contributed by atoms with van der Waals surface area (Å²) in [4.78, 5) is 21.5. The van der Waals surface area contributed by atoms with Crippen LogP contribution in [-0.4, -0.2) is 31.7 Å². The van der Waals surface area contributed by atoms with Crippen molar-refractivity contribution in [2.24, 2.45) is 7.05 Å². The predicted octanol–water partition coefficient (Wildman–Crippen LogP) is 1.85. The SMILES string of the molecule is CCc1ccc(CN(C)Cc2nc3c(cnn3C)c(=O)[nH]2)cc1. The average molecular weight is 311 g/mol. The smallest absolute Gasteiger partial charge is 0.262 e. The maximum Gasteiger partial charge on any atom is 0.262 e. The number of H-pyrrole nitrogens is 1. The van der Waals surface area contributed by atoms with Crippen molar-refractivity contribution in [3.8, 4) is 0 Å². The summed E-state index contributed by atoms with van der Waals surface area (Å²) in [5.74, 6) is 0.652. The number of nitrogens with one attached hydrogen (secondary N) is 1. The molecule has 6 heteroatoms. The number of hydrogen-bond donors (Lipinski definition) is 1. The Morgan fingerprint density at radius 1 is 1.17 bits per heavy atom. The number of aromatic amines is 1. The predicted molar refractivity (Wildman–Crippen MR) is 90.1 cm³/mol. The van der Waals surface area contributed by atoms with E-state index in [0.717, 1.165) is 13.0 Å². The largest absolute Gasteiger partial charge is 0.309 e. The molecule has 3 rings (SSSR count). The van der Waals surface area contributed by atoms with Crippen LogP contribution >= 0.6 is 0 Å². The molecule has 0 aliphatic rings. The Hall–Kier alpha value is -2.47. The number of aryl methyl sites for hydroxylation is 2. The van der Waals surface area contributed by atoms with Gasteiger partial charge in [-0.3, -0.25) is 14.4 Å². The lowest BCUT2D eigenvalue weighted by atomic mass is 10.1. The van der Waals surface area contributed by atoms with E-state index in [0.29, 0.717) is 23.4 Å². The third kappa shape index (κ3) is 3.32. The zero-order chi connectivity index (χ0) is 16.4. The first-order valence-electron chi connectivity index (χ1n) is 7.74. The molecular formula is C17H21N5O. The highest BCUT2D eigenvalue weighted by Crippen LogP contribution is 2.10. The summed E-state index contributed by atoms with van der Waals surface area (Å²) >= 11 is 0. The van der Waals surface area contributed by atoms with Gasteiger partial charge in [0.15, 0.2) is 5.65 Å². The van der Waals surface area contributed by atoms with Gasteiger partial charge in [-0.2, -0.15) is 5.10 Å². The van der Waals surface area contributed by atoms with Gasteiger partial charge in [0.05, 0.1) is 12.7 Å². The minimum Gasteiger partial charge on any atom is -0.309 e. The molecule has 0 bridgehead atoms. The van der Waals surface area contributed by atoms with E-state index in [-0.39, 0.29) is 5.56 Å². The zero-order valence-electron chi connectivity index (χ0n) is 13.7. The number of rotatable bonds is 5. The van der Waals surface area contributed by atoms with E-state index in [2.05, 4.69) is 51.2 Å². The van der Waals surface area contributed by atoms with Crippen molar-refractivity contribution in [2.45, 2.75) is 26.4 Å². The van der Waals surface area contributed by atoms with E-state index in [1.807, 2.05) is 7.05 Å². The molecule has 120 valence electrons. The number of nitrogens with zero attached hydrogens (tertiary/aromatic N) is 4. The lowest BCUT2D eigenvalue weighted by Crippen LogP contribution is -2.22. The topological polar surface area (TPSA) is 66.8 Å². The number of hydrogen-bond acceptors (Lipinski definition) is 4. The minimum absolute atomic E-state index is 0.140. The van der Waals surface area contributed by atoms with Crippen molar-refractivity contribution in [1.82, 2.24) is 24.6 Å². The fourth-order valence-corrected chi connectivity index (χ4v) is 2.66. The summed E-state index contributed by atoms with van der Waals surface area (Å²) in [5.41, 5.74) is 3.06. The van der Waals surface area contributed by atoms with Crippen LogP contribution in [0.2, 0.25) is 0 Å². The van der Waals surface area contributed by atoms with Crippen molar-refractivity contribution in [2.75, 3.05) is 7.05 Å². The number of benzene rings is 1. The Morgan fingerprint density at radius 3 is 2.57 bits per heavy atom. The summed E-state index contributed by atoms with van der Waals surface area (Å²) in [6.07, 6.45) is 2.59. The first kappa shape index (κ1) is 15.4. The second kappa shape index (κ2) is 6.34. The van der Waals surface area contributed by atoms with Crippen molar-refractivity contribution >= 4 is 11.0 Å². The van der Waals surface area contributed by atoms with E-state index in [1.54, 1.807) is 17.9 Å². The highest BCUT2D eigenvalue weighted by Gasteiger charge is 2.10. The fourth-order valence-electron chi connectivity index (χ4n) is 2.66. The molecule has 0 aliphatic heterocycles. The molecule has 23 heavy (non-hydrogen) atoms. The van der Waals surface area contributed by atoms with E-state index >= 15 is 0 Å². The molecule has 0 unspecified atom stereocenters. The van der Waals surface area contributed by atoms with Crippen LogP contribution in [0.1, 0.15) is 23.9 Å². The zero-order valence-corrected chi connectivity index (χ0v) is 13.7. The maximum atomic E-state index is 12.1. The first-order valence-corrected chi connectivity index (χ1v) is 7.74. The monoisotopic (exact) mass is 311 g/mol. The van der Waals surface area contributed by atoms with Gasteiger partial charge in [-0.15, -0.1) is 0 Å². The van der Waals surface area contributed by atoms with Crippen LogP contribution in [0.25, 0.3) is 11.0 Å². The average Bonchev–Trinajstić information content (AvgIpc) is 2.90. The third-order valence-electron chi connectivity index (χ3n) is 3.95. The van der Waals surface area contributed by atoms with Crippen molar-refractivity contribution in [3.63, 3.8) is 0 Å². The highest BCUT2D eigenvalue weighted by atomic mass is 16.1. The molecule has 6 nitrogen and oxygen atoms in total. The van der Waals surface area contributed by atoms with Crippen LogP contribution in [0.5, 0.6) is 0 Å². The molecule has 0 amide bonds. The van der Waals surface area contributed by atoms with Crippen LogP contribution in [0, 0.1) is 0 Å². The third-order valence-corrected chi connectivity index (χ3v) is 3.95. The molecule has 2 heterocycles. The Bertz CT molecular complexity index is 863. The molecular weight excluding hydrogens is 290 g/mol. The summed E-state index contributed by atoms with van der Waals surface area (Å²) < 4.78 is 1.62. The summed E-state index contributed by atoms with van der Waals surface area (Å²) in [6, 6.07) is 8.61. The van der Waals surface area contributed by atoms with Gasteiger partial charge in [-0.05, 0) is 24.6 Å². The van der Waals surface area contributed by atoms with Crippen molar-refractivity contribution < 1.29 is 0 Å². The van der Waals surface area contributed by atoms with Crippen LogP contribution in [0.4, 0.5) is 0 Å². The van der Waals surface area contributed by atoms with E-state index < -0.39 is 0 Å². The second-order valence-electron chi connectivity index (χ2n) is 5.86. The van der Waals surface area contributed by atoms with Gasteiger partial charge >= 0.3 is 0 Å². The van der Waals surface area contributed by atoms with E-state index in [9.17, 15) is 4.79 Å². The van der Waals surface area contributed by atoms with Gasteiger partial charge < -0.3 is 4.98 Å². The van der Waals surface area contributed by atoms with Crippen LogP contribution in [-0.2, 0) is 26.6 Å². The van der Waals surface area contributed by atoms with Gasteiger partial charge in [0, 0.05) is 13.6 Å². The molecule has 0 radical (unpaired) electrons. The molecule has 0 saturated carbocycles. The van der Waals surface area contributed by atoms with Crippen LogP contribution < -0.4 is 5.56 Å². The molecule has 2 aromatic heterocycles. The molecule has 1 aromatic carbocycles. The highest BCUT2D eigenvalue weighted by molar-refractivity contribution is 5.72. The summed E-state index contributed by atoms with van der Waals surface area (Å²) in [6.45, 7) is 3.53. The molecule has 0 aliphatic carbocycles. The lowest BCUT2D eigenvalue weighted by Gasteiger charge is -2.16. The molecule has 0 atom stereocenters.